The van der Waals surface area contributed by atoms with E-state index in [4.69, 9.17) is 6.57 Å². The van der Waals surface area contributed by atoms with Crippen molar-refractivity contribution in [2.45, 2.75) is 26.2 Å². The predicted molar refractivity (Wildman–Crippen MR) is 88.4 cm³/mol. The van der Waals surface area contributed by atoms with Gasteiger partial charge in [-0.2, -0.15) is 5.10 Å². The van der Waals surface area contributed by atoms with Crippen LogP contribution in [-0.4, -0.2) is 27.5 Å². The SMILES string of the molecule is [C-]#[N+]C1=CN(C(=O)c2ccc(F)c(C)c2)CC(C)(C)c2cn[nH]c21. The number of aryl methyl sites for hydroxylation is 1. The molecule has 0 atom stereocenters. The van der Waals surface area contributed by atoms with E-state index in [0.717, 1.165) is 5.56 Å². The lowest BCUT2D eigenvalue weighted by atomic mass is 9.84. The average molecular weight is 324 g/mol. The molecule has 2 heterocycles. The Morgan fingerprint density at radius 1 is 1.46 bits per heavy atom. The minimum atomic E-state index is -0.379. The molecule has 2 aromatic rings. The molecule has 0 saturated heterocycles. The molecule has 3 rings (SSSR count). The predicted octanol–water partition coefficient (Wildman–Crippen LogP) is 3.51. The number of amides is 1. The number of nitrogens with zero attached hydrogens (tertiary/aromatic N) is 3. The van der Waals surface area contributed by atoms with E-state index >= 15 is 0 Å². The molecule has 5 nitrogen and oxygen atoms in total. The molecule has 122 valence electrons. The summed E-state index contributed by atoms with van der Waals surface area (Å²) < 4.78 is 13.5. The van der Waals surface area contributed by atoms with E-state index < -0.39 is 0 Å². The second-order valence-corrected chi connectivity index (χ2v) is 6.57. The Morgan fingerprint density at radius 3 is 2.88 bits per heavy atom. The summed E-state index contributed by atoms with van der Waals surface area (Å²) in [6.45, 7) is 13.4. The first-order valence-electron chi connectivity index (χ1n) is 7.54. The fourth-order valence-electron chi connectivity index (χ4n) is 2.92. The number of benzene rings is 1. The number of rotatable bonds is 1. The Labute approximate surface area is 139 Å². The molecule has 1 N–H and O–H groups in total. The topological polar surface area (TPSA) is 53.4 Å². The Bertz CT molecular complexity index is 889. The van der Waals surface area contributed by atoms with Crippen LogP contribution in [0.5, 0.6) is 0 Å². The highest BCUT2D eigenvalue weighted by molar-refractivity contribution is 5.96. The van der Waals surface area contributed by atoms with Crippen LogP contribution in [0.25, 0.3) is 10.5 Å². The van der Waals surface area contributed by atoms with Crippen molar-refractivity contribution in [1.82, 2.24) is 15.1 Å². The molecule has 0 bridgehead atoms. The third kappa shape index (κ3) is 2.58. The van der Waals surface area contributed by atoms with E-state index in [2.05, 4.69) is 15.0 Å². The molecule has 0 aliphatic carbocycles. The van der Waals surface area contributed by atoms with Gasteiger partial charge in [0.15, 0.2) is 0 Å². The Hall–Kier alpha value is -2.94. The summed E-state index contributed by atoms with van der Waals surface area (Å²) in [6.07, 6.45) is 3.24. The van der Waals surface area contributed by atoms with Gasteiger partial charge in [-0.25, -0.2) is 9.24 Å². The summed E-state index contributed by atoms with van der Waals surface area (Å²) in [6, 6.07) is 4.29. The molecule has 1 amide bonds. The number of aromatic nitrogens is 2. The number of carbonyl (C=O) groups excluding carboxylic acids is 1. The second-order valence-electron chi connectivity index (χ2n) is 6.57. The van der Waals surface area contributed by atoms with Crippen molar-refractivity contribution < 1.29 is 9.18 Å². The van der Waals surface area contributed by atoms with Crippen LogP contribution in [0.3, 0.4) is 0 Å². The lowest BCUT2D eigenvalue weighted by molar-refractivity contribution is 0.0800. The van der Waals surface area contributed by atoms with Crippen molar-refractivity contribution >= 4 is 11.6 Å². The summed E-state index contributed by atoms with van der Waals surface area (Å²) in [5.74, 6) is -0.605. The highest BCUT2D eigenvalue weighted by Crippen LogP contribution is 2.34. The molecule has 0 unspecified atom stereocenters. The highest BCUT2D eigenvalue weighted by atomic mass is 19.1. The van der Waals surface area contributed by atoms with Crippen LogP contribution in [0.4, 0.5) is 4.39 Å². The van der Waals surface area contributed by atoms with Crippen molar-refractivity contribution in [2.24, 2.45) is 0 Å². The van der Waals surface area contributed by atoms with Crippen LogP contribution in [0, 0.1) is 19.3 Å². The molecule has 1 aliphatic heterocycles. The van der Waals surface area contributed by atoms with E-state index in [9.17, 15) is 9.18 Å². The lowest BCUT2D eigenvalue weighted by Gasteiger charge is -2.29. The van der Waals surface area contributed by atoms with Crippen LogP contribution in [0.1, 0.15) is 41.0 Å². The normalized spacial score (nSPS) is 16.0. The largest absolute Gasteiger partial charge is 0.324 e. The van der Waals surface area contributed by atoms with Crippen LogP contribution >= 0.6 is 0 Å². The first-order chi connectivity index (χ1) is 11.3. The minimum Gasteiger partial charge on any atom is -0.324 e. The van der Waals surface area contributed by atoms with Crippen molar-refractivity contribution in [2.75, 3.05) is 6.54 Å². The monoisotopic (exact) mass is 324 g/mol. The van der Waals surface area contributed by atoms with Gasteiger partial charge < -0.3 is 4.90 Å². The van der Waals surface area contributed by atoms with Gasteiger partial charge in [0.05, 0.1) is 18.5 Å². The average Bonchev–Trinajstić information content (AvgIpc) is 3.00. The molecule has 0 spiro atoms. The van der Waals surface area contributed by atoms with Crippen molar-refractivity contribution in [3.8, 4) is 0 Å². The Balaban J connectivity index is 2.05. The van der Waals surface area contributed by atoms with Crippen LogP contribution in [0.2, 0.25) is 0 Å². The van der Waals surface area contributed by atoms with E-state index in [1.54, 1.807) is 19.3 Å². The van der Waals surface area contributed by atoms with E-state index in [1.165, 1.54) is 23.1 Å². The first kappa shape index (κ1) is 15.9. The van der Waals surface area contributed by atoms with E-state index in [1.807, 2.05) is 13.8 Å². The lowest BCUT2D eigenvalue weighted by Crippen LogP contribution is -2.36. The maximum Gasteiger partial charge on any atom is 0.256 e. The number of H-pyrrole nitrogens is 1. The number of halogens is 1. The number of aromatic amines is 1. The maximum absolute atomic E-state index is 13.5. The molecule has 0 fully saturated rings. The standard InChI is InChI=1S/C18H17FN4O/c1-11-7-12(5-6-14(11)19)17(24)23-9-15(20-4)16-13(8-21-22-16)18(2,3)10-23/h5-9H,10H2,1-3H3,(H,21,22). The van der Waals surface area contributed by atoms with Gasteiger partial charge in [-0.05, 0) is 36.2 Å². The van der Waals surface area contributed by atoms with Crippen LogP contribution in [0.15, 0.2) is 30.6 Å². The van der Waals surface area contributed by atoms with Gasteiger partial charge in [0.25, 0.3) is 5.91 Å². The van der Waals surface area contributed by atoms with Gasteiger partial charge in [-0.3, -0.25) is 9.89 Å². The zero-order chi connectivity index (χ0) is 17.5. The fourth-order valence-corrected chi connectivity index (χ4v) is 2.92. The summed E-state index contributed by atoms with van der Waals surface area (Å²) >= 11 is 0. The number of nitrogens with one attached hydrogen (secondary N) is 1. The van der Waals surface area contributed by atoms with Crippen molar-refractivity contribution in [3.05, 3.63) is 70.2 Å². The molecule has 1 aliphatic rings. The third-order valence-electron chi connectivity index (χ3n) is 4.25. The Morgan fingerprint density at radius 2 is 2.21 bits per heavy atom. The Kier molecular flexibility index (Phi) is 3.72. The molecule has 24 heavy (non-hydrogen) atoms. The van der Waals surface area contributed by atoms with Crippen LogP contribution < -0.4 is 0 Å². The summed E-state index contributed by atoms with van der Waals surface area (Å²) in [4.78, 5) is 17.9. The van der Waals surface area contributed by atoms with E-state index in [-0.39, 0.29) is 17.1 Å². The zero-order valence-corrected chi connectivity index (χ0v) is 13.7. The van der Waals surface area contributed by atoms with Gasteiger partial charge in [-0.1, -0.05) is 13.8 Å². The fraction of sp³-hybridized carbons (Fsp3) is 0.278. The molecule has 0 saturated carbocycles. The molecule has 1 aromatic heterocycles. The first-order valence-corrected chi connectivity index (χ1v) is 7.54. The third-order valence-corrected chi connectivity index (χ3v) is 4.25. The van der Waals surface area contributed by atoms with Crippen LogP contribution in [-0.2, 0) is 5.41 Å². The number of hydrogen-bond acceptors (Lipinski definition) is 2. The number of carbonyl (C=O) groups is 1. The molecular formula is C18H17FN4O. The quantitative estimate of drug-likeness (QED) is 0.816. The molecule has 6 heteroatoms. The number of hydrogen-bond donors (Lipinski definition) is 1. The summed E-state index contributed by atoms with van der Waals surface area (Å²) in [7, 11) is 0. The smallest absolute Gasteiger partial charge is 0.256 e. The van der Waals surface area contributed by atoms with E-state index in [0.29, 0.717) is 29.1 Å². The van der Waals surface area contributed by atoms with Crippen molar-refractivity contribution in [1.29, 1.82) is 0 Å². The molecule has 1 aromatic carbocycles. The minimum absolute atomic E-state index is 0.259. The second kappa shape index (κ2) is 5.60. The number of fused-ring (bicyclic) bond motifs is 1. The van der Waals surface area contributed by atoms with Gasteiger partial charge in [0.2, 0.25) is 5.70 Å². The summed E-state index contributed by atoms with van der Waals surface area (Å²) in [5.41, 5.74) is 2.31. The molecular weight excluding hydrogens is 307 g/mol. The zero-order valence-electron chi connectivity index (χ0n) is 13.7. The summed E-state index contributed by atoms with van der Waals surface area (Å²) in [5, 5.41) is 6.88. The maximum atomic E-state index is 13.5. The van der Waals surface area contributed by atoms with Gasteiger partial charge >= 0.3 is 0 Å². The van der Waals surface area contributed by atoms with Crippen molar-refractivity contribution in [3.63, 3.8) is 0 Å². The van der Waals surface area contributed by atoms with Gasteiger partial charge in [-0.15, -0.1) is 0 Å². The van der Waals surface area contributed by atoms with Gasteiger partial charge in [0, 0.05) is 23.7 Å². The van der Waals surface area contributed by atoms with Gasteiger partial charge in [0.1, 0.15) is 5.82 Å². The highest BCUT2D eigenvalue weighted by Gasteiger charge is 2.34. The molecule has 0 radical (unpaired) electrons.